The van der Waals surface area contributed by atoms with E-state index in [1.807, 2.05) is 20.0 Å². The summed E-state index contributed by atoms with van der Waals surface area (Å²) in [5, 5.41) is 12.9. The second-order valence-corrected chi connectivity index (χ2v) is 9.52. The number of rotatable bonds is 4. The number of benzene rings is 1. The van der Waals surface area contributed by atoms with Gasteiger partial charge in [-0.3, -0.25) is 9.88 Å². The number of nitrogens with one attached hydrogen (secondary N) is 1. The quantitative estimate of drug-likeness (QED) is 0.606. The van der Waals surface area contributed by atoms with E-state index in [0.29, 0.717) is 17.4 Å². The van der Waals surface area contributed by atoms with Gasteiger partial charge in [0.2, 0.25) is 0 Å². The highest BCUT2D eigenvalue weighted by atomic mass is 19.3. The predicted octanol–water partition coefficient (Wildman–Crippen LogP) is 3.51. The Kier molecular flexibility index (Phi) is 5.45. The zero-order valence-corrected chi connectivity index (χ0v) is 19.8. The lowest BCUT2D eigenvalue weighted by atomic mass is 10.0. The highest BCUT2D eigenvalue weighted by Gasteiger charge is 2.42. The van der Waals surface area contributed by atoms with E-state index in [1.54, 1.807) is 12.1 Å². The molecule has 0 aliphatic carbocycles. The summed E-state index contributed by atoms with van der Waals surface area (Å²) in [6.45, 7) is 8.47. The van der Waals surface area contributed by atoms with Gasteiger partial charge in [-0.05, 0) is 26.0 Å². The summed E-state index contributed by atoms with van der Waals surface area (Å²) in [7, 11) is 0. The minimum absolute atomic E-state index is 0.0710. The van der Waals surface area contributed by atoms with Crippen molar-refractivity contribution >= 4 is 22.4 Å². The first-order valence-electron chi connectivity index (χ1n) is 12.0. The van der Waals surface area contributed by atoms with E-state index in [9.17, 15) is 8.78 Å². The van der Waals surface area contributed by atoms with Crippen LogP contribution in [0.25, 0.3) is 10.9 Å². The average molecular weight is 483 g/mol. The van der Waals surface area contributed by atoms with Crippen LogP contribution in [-0.4, -0.2) is 72.1 Å². The lowest BCUT2D eigenvalue weighted by molar-refractivity contribution is -0.0214. The van der Waals surface area contributed by atoms with Crippen molar-refractivity contribution in [1.29, 1.82) is 0 Å². The molecule has 184 valence electrons. The van der Waals surface area contributed by atoms with Gasteiger partial charge in [0.15, 0.2) is 12.4 Å². The number of para-hydroxylation sites is 1. The second-order valence-electron chi connectivity index (χ2n) is 9.52. The van der Waals surface area contributed by atoms with Crippen LogP contribution in [-0.2, 0) is 10.7 Å². The Morgan fingerprint density at radius 2 is 2.09 bits per heavy atom. The molecule has 0 bridgehead atoms. The molecule has 1 aromatic carbocycles. The van der Waals surface area contributed by atoms with Gasteiger partial charge in [-0.25, -0.2) is 0 Å². The monoisotopic (exact) mass is 482 g/mol. The molecular formula is C25H28F2N6O2. The van der Waals surface area contributed by atoms with Crippen LogP contribution >= 0.6 is 0 Å². The molecule has 8 nitrogen and oxygen atoms in total. The SMILES string of the molecule is Cc1nnc(N[C@H](C)c2cccc3c2OCC3(F)F)c2cc(N3CCN4CCOC[C@@H]4C3)cnc12. The number of aromatic nitrogens is 3. The number of ether oxygens (including phenoxy) is 2. The Morgan fingerprint density at radius 3 is 2.97 bits per heavy atom. The maximum absolute atomic E-state index is 14.2. The summed E-state index contributed by atoms with van der Waals surface area (Å²) < 4.78 is 39.5. The maximum atomic E-state index is 14.2. The molecule has 0 amide bonds. The Balaban J connectivity index is 1.31. The van der Waals surface area contributed by atoms with E-state index in [0.717, 1.165) is 61.7 Å². The summed E-state index contributed by atoms with van der Waals surface area (Å²) >= 11 is 0. The Bertz CT molecular complexity index is 1270. The number of halogens is 2. The van der Waals surface area contributed by atoms with Crippen LogP contribution in [0.4, 0.5) is 20.3 Å². The third kappa shape index (κ3) is 3.94. The fourth-order valence-corrected chi connectivity index (χ4v) is 5.28. The number of nitrogens with zero attached hydrogens (tertiary/aromatic N) is 5. The number of hydrogen-bond acceptors (Lipinski definition) is 8. The fourth-order valence-electron chi connectivity index (χ4n) is 5.28. The van der Waals surface area contributed by atoms with E-state index in [1.165, 1.54) is 6.07 Å². The van der Waals surface area contributed by atoms with Gasteiger partial charge in [-0.15, -0.1) is 5.10 Å². The molecule has 0 radical (unpaired) electrons. The molecule has 6 rings (SSSR count). The van der Waals surface area contributed by atoms with Gasteiger partial charge in [0.25, 0.3) is 0 Å². The number of morpholine rings is 1. The fraction of sp³-hybridized carbons (Fsp3) is 0.480. The topological polar surface area (TPSA) is 75.6 Å². The molecule has 35 heavy (non-hydrogen) atoms. The van der Waals surface area contributed by atoms with Crippen LogP contribution in [0.1, 0.15) is 29.8 Å². The minimum atomic E-state index is -2.98. The van der Waals surface area contributed by atoms with Gasteiger partial charge < -0.3 is 19.7 Å². The third-order valence-electron chi connectivity index (χ3n) is 7.23. The summed E-state index contributed by atoms with van der Waals surface area (Å²) in [5.41, 5.74) is 3.11. The van der Waals surface area contributed by atoms with Crippen molar-refractivity contribution in [3.63, 3.8) is 0 Å². The largest absolute Gasteiger partial charge is 0.486 e. The van der Waals surface area contributed by atoms with E-state index >= 15 is 0 Å². The Labute approximate surface area is 202 Å². The second kappa shape index (κ2) is 8.53. The molecule has 0 unspecified atom stereocenters. The molecule has 1 N–H and O–H groups in total. The van der Waals surface area contributed by atoms with Gasteiger partial charge >= 0.3 is 5.92 Å². The molecule has 2 fully saturated rings. The number of anilines is 2. The first-order valence-corrected chi connectivity index (χ1v) is 12.0. The van der Waals surface area contributed by atoms with Crippen molar-refractivity contribution < 1.29 is 18.3 Å². The summed E-state index contributed by atoms with van der Waals surface area (Å²) in [4.78, 5) is 9.55. The van der Waals surface area contributed by atoms with Crippen molar-refractivity contribution in [3.05, 3.63) is 47.3 Å². The molecule has 0 spiro atoms. The minimum Gasteiger partial charge on any atom is -0.486 e. The van der Waals surface area contributed by atoms with Crippen LogP contribution in [0, 0.1) is 6.92 Å². The van der Waals surface area contributed by atoms with Crippen LogP contribution in [0.15, 0.2) is 30.5 Å². The third-order valence-corrected chi connectivity index (χ3v) is 7.23. The Hall–Kier alpha value is -3.11. The highest BCUT2D eigenvalue weighted by molar-refractivity contribution is 5.92. The van der Waals surface area contributed by atoms with Gasteiger partial charge in [0, 0.05) is 37.1 Å². The lowest BCUT2D eigenvalue weighted by Crippen LogP contribution is -2.58. The predicted molar refractivity (Wildman–Crippen MR) is 128 cm³/mol. The van der Waals surface area contributed by atoms with E-state index in [4.69, 9.17) is 14.5 Å². The number of hydrogen-bond donors (Lipinski definition) is 1. The van der Waals surface area contributed by atoms with Gasteiger partial charge in [-0.2, -0.15) is 13.9 Å². The number of fused-ring (bicyclic) bond motifs is 3. The van der Waals surface area contributed by atoms with Crippen molar-refractivity contribution in [3.8, 4) is 5.75 Å². The summed E-state index contributed by atoms with van der Waals surface area (Å²) in [6, 6.07) is 7.01. The van der Waals surface area contributed by atoms with Crippen molar-refractivity contribution in [2.45, 2.75) is 31.9 Å². The van der Waals surface area contributed by atoms with Gasteiger partial charge in [-0.1, -0.05) is 12.1 Å². The summed E-state index contributed by atoms with van der Waals surface area (Å²) in [6.07, 6.45) is 1.89. The Morgan fingerprint density at radius 1 is 1.20 bits per heavy atom. The molecule has 3 aromatic rings. The molecule has 2 aromatic heterocycles. The smallest absolute Gasteiger partial charge is 0.310 e. The first kappa shape index (κ1) is 22.4. The van der Waals surface area contributed by atoms with Crippen LogP contribution in [0.5, 0.6) is 5.75 Å². The van der Waals surface area contributed by atoms with Crippen molar-refractivity contribution in [1.82, 2.24) is 20.1 Å². The lowest BCUT2D eigenvalue weighted by Gasteiger charge is -2.44. The van der Waals surface area contributed by atoms with Crippen molar-refractivity contribution in [2.75, 3.05) is 56.2 Å². The van der Waals surface area contributed by atoms with E-state index < -0.39 is 12.5 Å². The van der Waals surface area contributed by atoms with Gasteiger partial charge in [0.1, 0.15) is 5.75 Å². The first-order chi connectivity index (χ1) is 16.9. The van der Waals surface area contributed by atoms with Gasteiger partial charge in [0.05, 0.1) is 54.0 Å². The maximum Gasteiger partial charge on any atom is 0.310 e. The summed E-state index contributed by atoms with van der Waals surface area (Å²) in [5.74, 6) is -2.17. The molecule has 2 saturated heterocycles. The average Bonchev–Trinajstić information content (AvgIpc) is 3.19. The van der Waals surface area contributed by atoms with Crippen LogP contribution in [0.3, 0.4) is 0 Å². The van der Waals surface area contributed by atoms with Crippen LogP contribution < -0.4 is 15.0 Å². The zero-order chi connectivity index (χ0) is 24.2. The molecule has 10 heteroatoms. The highest BCUT2D eigenvalue weighted by Crippen LogP contribution is 2.45. The molecule has 0 saturated carbocycles. The zero-order valence-electron chi connectivity index (χ0n) is 19.8. The normalized spacial score (nSPS) is 22.4. The van der Waals surface area contributed by atoms with E-state index in [2.05, 4.69) is 31.4 Å². The molecule has 5 heterocycles. The van der Waals surface area contributed by atoms with Crippen LogP contribution in [0.2, 0.25) is 0 Å². The number of aryl methyl sites for hydroxylation is 1. The van der Waals surface area contributed by atoms with E-state index in [-0.39, 0.29) is 17.4 Å². The molecular weight excluding hydrogens is 454 g/mol. The number of pyridine rings is 1. The number of piperazine rings is 1. The standard InChI is InChI=1S/C25H28F2N6O2/c1-15(19-4-3-5-21-23(19)35-14-25(21,26)27)29-24-20-10-17(11-28-22(20)16(2)30-31-24)33-7-6-32-8-9-34-13-18(32)12-33/h3-5,10-11,15,18H,6-9,12-14H2,1-2H3,(H,29,31)/t15-,18+/m1/s1. The molecule has 3 aliphatic heterocycles. The molecule has 3 aliphatic rings. The molecule has 2 atom stereocenters. The number of alkyl halides is 2. The van der Waals surface area contributed by atoms with Crippen molar-refractivity contribution in [2.24, 2.45) is 0 Å².